The van der Waals surface area contributed by atoms with E-state index < -0.39 is 11.5 Å². The highest BCUT2D eigenvalue weighted by Gasteiger charge is 2.20. The van der Waals surface area contributed by atoms with Crippen LogP contribution in [0.1, 0.15) is 36.5 Å². The van der Waals surface area contributed by atoms with Crippen molar-refractivity contribution in [3.05, 3.63) is 37.0 Å². The van der Waals surface area contributed by atoms with Gasteiger partial charge in [0.05, 0.1) is 5.52 Å². The second kappa shape index (κ2) is 7.28. The number of hydrogen-bond acceptors (Lipinski definition) is 3. The lowest BCUT2D eigenvalue weighted by atomic mass is 10.1. The number of aromatic nitrogens is 1. The number of carbonyl (C=O) groups excluding carboxylic acids is 1. The Morgan fingerprint density at radius 2 is 2.05 bits per heavy atom. The monoisotopic (exact) mass is 430 g/mol. The van der Waals surface area contributed by atoms with Gasteiger partial charge in [-0.25, -0.2) is 0 Å². The molecule has 1 heterocycles. The summed E-state index contributed by atoms with van der Waals surface area (Å²) in [6.45, 7) is 2.54. The Bertz CT molecular complexity index is 771. The van der Waals surface area contributed by atoms with Gasteiger partial charge in [0.15, 0.2) is 0 Å². The molecule has 0 saturated carbocycles. The van der Waals surface area contributed by atoms with Crippen LogP contribution in [0.25, 0.3) is 10.9 Å². The molecule has 0 radical (unpaired) electrons. The predicted molar refractivity (Wildman–Crippen MR) is 93.5 cm³/mol. The molecule has 1 amide bonds. The lowest BCUT2D eigenvalue weighted by Gasteiger charge is -2.09. The summed E-state index contributed by atoms with van der Waals surface area (Å²) in [7, 11) is 0. The Kier molecular flexibility index (Phi) is 5.63. The van der Waals surface area contributed by atoms with E-state index in [0.717, 1.165) is 23.7 Å². The Balaban J connectivity index is 2.42. The van der Waals surface area contributed by atoms with E-state index in [1.54, 1.807) is 12.1 Å². The van der Waals surface area contributed by atoms with E-state index >= 15 is 0 Å². The fourth-order valence-electron chi connectivity index (χ4n) is 2.18. The van der Waals surface area contributed by atoms with Gasteiger partial charge < -0.3 is 15.4 Å². The van der Waals surface area contributed by atoms with Crippen molar-refractivity contribution >= 4 is 48.7 Å². The topological polar surface area (TPSA) is 82.2 Å². The summed E-state index contributed by atoms with van der Waals surface area (Å²) in [6.07, 6.45) is 2.88. The first-order chi connectivity index (χ1) is 10.5. The largest absolute Gasteiger partial charge is 0.506 e. The average molecular weight is 432 g/mol. The maximum atomic E-state index is 12.1. The third kappa shape index (κ3) is 3.52. The zero-order chi connectivity index (χ0) is 16.3. The molecule has 22 heavy (non-hydrogen) atoms. The van der Waals surface area contributed by atoms with Crippen molar-refractivity contribution in [2.24, 2.45) is 0 Å². The molecular weight excluding hydrogens is 416 g/mol. The first-order valence-electron chi connectivity index (χ1n) is 6.98. The molecule has 5 nitrogen and oxygen atoms in total. The van der Waals surface area contributed by atoms with Gasteiger partial charge in [-0.1, -0.05) is 35.7 Å². The van der Waals surface area contributed by atoms with Gasteiger partial charge in [-0.15, -0.1) is 0 Å². The first kappa shape index (κ1) is 17.0. The molecule has 0 fully saturated rings. The SMILES string of the molecule is CCCCCNC(=O)c1c(O)c2cc(Br)cc(Br)c2[nH]c1=O. The predicted octanol–water partition coefficient (Wildman–Crippen LogP) is 3.68. The summed E-state index contributed by atoms with van der Waals surface area (Å²) in [5, 5.41) is 13.4. The highest BCUT2D eigenvalue weighted by atomic mass is 79.9. The van der Waals surface area contributed by atoms with Crippen LogP contribution in [0.5, 0.6) is 5.75 Å². The van der Waals surface area contributed by atoms with Crippen LogP contribution in [-0.2, 0) is 0 Å². The van der Waals surface area contributed by atoms with Crippen LogP contribution in [0.3, 0.4) is 0 Å². The number of aromatic amines is 1. The van der Waals surface area contributed by atoms with E-state index in [9.17, 15) is 14.7 Å². The minimum Gasteiger partial charge on any atom is -0.506 e. The normalized spacial score (nSPS) is 10.9. The highest BCUT2D eigenvalue weighted by Crippen LogP contribution is 2.32. The molecule has 0 aliphatic carbocycles. The van der Waals surface area contributed by atoms with Crippen LogP contribution in [0.2, 0.25) is 0 Å². The number of benzene rings is 1. The van der Waals surface area contributed by atoms with Gasteiger partial charge in [0.1, 0.15) is 11.3 Å². The second-order valence-electron chi connectivity index (χ2n) is 4.95. The van der Waals surface area contributed by atoms with Crippen LogP contribution in [0.4, 0.5) is 0 Å². The Morgan fingerprint density at radius 1 is 1.32 bits per heavy atom. The number of rotatable bonds is 5. The summed E-state index contributed by atoms with van der Waals surface area (Å²) in [6, 6.07) is 3.40. The van der Waals surface area contributed by atoms with Crippen LogP contribution in [-0.4, -0.2) is 22.5 Å². The standard InChI is InChI=1S/C15H16Br2N2O3/c1-2-3-4-5-18-14(21)11-13(20)9-6-8(16)7-10(17)12(9)19-15(11)22/h6-7H,2-5H2,1H3,(H,18,21)(H2,19,20,22). The molecule has 2 rings (SSSR count). The smallest absolute Gasteiger partial charge is 0.265 e. The number of hydrogen-bond donors (Lipinski definition) is 3. The molecule has 0 saturated heterocycles. The van der Waals surface area contributed by atoms with Gasteiger partial charge in [-0.2, -0.15) is 0 Å². The Hall–Kier alpha value is -1.34. The third-order valence-electron chi connectivity index (χ3n) is 3.31. The zero-order valence-corrected chi connectivity index (χ0v) is 15.2. The van der Waals surface area contributed by atoms with Gasteiger partial charge >= 0.3 is 0 Å². The van der Waals surface area contributed by atoms with E-state index in [2.05, 4.69) is 49.1 Å². The molecule has 2 aromatic rings. The summed E-state index contributed by atoms with van der Waals surface area (Å²) >= 11 is 6.65. The number of unbranched alkanes of at least 4 members (excludes halogenated alkanes) is 2. The van der Waals surface area contributed by atoms with Crippen molar-refractivity contribution < 1.29 is 9.90 Å². The van der Waals surface area contributed by atoms with Gasteiger partial charge in [-0.3, -0.25) is 9.59 Å². The number of aromatic hydroxyl groups is 1. The van der Waals surface area contributed by atoms with Crippen molar-refractivity contribution in [3.8, 4) is 5.75 Å². The van der Waals surface area contributed by atoms with Crippen molar-refractivity contribution in [1.82, 2.24) is 10.3 Å². The molecule has 0 bridgehead atoms. The molecule has 0 aliphatic rings. The molecule has 0 spiro atoms. The Labute approximate surface area is 144 Å². The highest BCUT2D eigenvalue weighted by molar-refractivity contribution is 9.11. The van der Waals surface area contributed by atoms with Crippen molar-refractivity contribution in [2.75, 3.05) is 6.54 Å². The van der Waals surface area contributed by atoms with E-state index in [0.29, 0.717) is 21.9 Å². The number of amides is 1. The minimum atomic E-state index is -0.610. The van der Waals surface area contributed by atoms with Crippen molar-refractivity contribution in [1.29, 1.82) is 0 Å². The molecule has 0 atom stereocenters. The van der Waals surface area contributed by atoms with Gasteiger partial charge in [0.25, 0.3) is 11.5 Å². The van der Waals surface area contributed by atoms with Crippen molar-refractivity contribution in [2.45, 2.75) is 26.2 Å². The van der Waals surface area contributed by atoms with Crippen LogP contribution in [0.15, 0.2) is 25.9 Å². The Morgan fingerprint density at radius 3 is 2.73 bits per heavy atom. The quantitative estimate of drug-likeness (QED) is 0.631. The molecule has 0 unspecified atom stereocenters. The number of fused-ring (bicyclic) bond motifs is 1. The van der Waals surface area contributed by atoms with E-state index in [1.807, 2.05) is 0 Å². The maximum absolute atomic E-state index is 12.1. The van der Waals surface area contributed by atoms with Crippen LogP contribution in [0, 0.1) is 0 Å². The lowest BCUT2D eigenvalue weighted by molar-refractivity contribution is 0.0949. The summed E-state index contributed by atoms with van der Waals surface area (Å²) in [5.74, 6) is -0.874. The fourth-order valence-corrected chi connectivity index (χ4v) is 3.51. The van der Waals surface area contributed by atoms with Crippen molar-refractivity contribution in [3.63, 3.8) is 0 Å². The molecule has 118 valence electrons. The molecule has 1 aromatic carbocycles. The zero-order valence-electron chi connectivity index (χ0n) is 12.0. The summed E-state index contributed by atoms with van der Waals surface area (Å²) in [4.78, 5) is 26.9. The lowest BCUT2D eigenvalue weighted by Crippen LogP contribution is -2.30. The maximum Gasteiger partial charge on any atom is 0.265 e. The number of pyridine rings is 1. The second-order valence-corrected chi connectivity index (χ2v) is 6.72. The molecule has 3 N–H and O–H groups in total. The molecule has 0 aliphatic heterocycles. The molecular formula is C15H16Br2N2O3. The van der Waals surface area contributed by atoms with E-state index in [-0.39, 0.29) is 11.3 Å². The van der Waals surface area contributed by atoms with Crippen LogP contribution < -0.4 is 10.9 Å². The molecule has 1 aromatic heterocycles. The third-order valence-corrected chi connectivity index (χ3v) is 4.39. The number of H-pyrrole nitrogens is 1. The summed E-state index contributed by atoms with van der Waals surface area (Å²) < 4.78 is 1.35. The number of halogens is 2. The number of nitrogens with one attached hydrogen (secondary N) is 2. The average Bonchev–Trinajstić information content (AvgIpc) is 2.45. The van der Waals surface area contributed by atoms with Gasteiger partial charge in [0.2, 0.25) is 0 Å². The molecule has 7 heteroatoms. The van der Waals surface area contributed by atoms with E-state index in [4.69, 9.17) is 0 Å². The minimum absolute atomic E-state index is 0.256. The van der Waals surface area contributed by atoms with Crippen LogP contribution >= 0.6 is 31.9 Å². The number of carbonyl (C=O) groups is 1. The first-order valence-corrected chi connectivity index (χ1v) is 8.56. The summed E-state index contributed by atoms with van der Waals surface area (Å²) in [5.41, 5.74) is -0.414. The fraction of sp³-hybridized carbons (Fsp3) is 0.333. The van der Waals surface area contributed by atoms with Gasteiger partial charge in [0, 0.05) is 20.9 Å². The van der Waals surface area contributed by atoms with Gasteiger partial charge in [-0.05, 0) is 34.5 Å². The van der Waals surface area contributed by atoms with E-state index in [1.165, 1.54) is 0 Å².